The lowest BCUT2D eigenvalue weighted by molar-refractivity contribution is -0.509. The van der Waals surface area contributed by atoms with Crippen LogP contribution in [0.4, 0.5) is 0 Å². The van der Waals surface area contributed by atoms with E-state index in [9.17, 15) is 14.9 Å². The molecular weight excluding hydrogens is 162 g/mol. The van der Waals surface area contributed by atoms with E-state index >= 15 is 0 Å². The fourth-order valence-electron chi connectivity index (χ4n) is 0.579. The van der Waals surface area contributed by atoms with E-state index in [-0.39, 0.29) is 6.42 Å². The van der Waals surface area contributed by atoms with Gasteiger partial charge in [-0.15, -0.1) is 5.92 Å². The first-order chi connectivity index (χ1) is 5.63. The van der Waals surface area contributed by atoms with E-state index in [2.05, 4.69) is 16.6 Å². The van der Waals surface area contributed by atoms with Crippen LogP contribution in [0.1, 0.15) is 13.3 Å². The first-order valence-electron chi connectivity index (χ1n) is 3.24. The van der Waals surface area contributed by atoms with E-state index in [0.717, 1.165) is 7.11 Å². The summed E-state index contributed by atoms with van der Waals surface area (Å²) < 4.78 is 4.22. The Morgan fingerprint density at radius 2 is 2.33 bits per heavy atom. The van der Waals surface area contributed by atoms with E-state index in [1.807, 2.05) is 0 Å². The van der Waals surface area contributed by atoms with Gasteiger partial charge >= 0.3 is 12.0 Å². The summed E-state index contributed by atoms with van der Waals surface area (Å²) in [5, 5.41) is 10.2. The summed E-state index contributed by atoms with van der Waals surface area (Å²) in [6.07, 6.45) is -0.101. The zero-order chi connectivity index (χ0) is 9.56. The minimum atomic E-state index is -1.36. The van der Waals surface area contributed by atoms with Crippen molar-refractivity contribution >= 4 is 5.97 Å². The van der Waals surface area contributed by atoms with Gasteiger partial charge in [0.2, 0.25) is 0 Å². The molecule has 0 spiro atoms. The van der Waals surface area contributed by atoms with E-state index in [4.69, 9.17) is 0 Å². The molecule has 0 heterocycles. The van der Waals surface area contributed by atoms with Gasteiger partial charge in [-0.1, -0.05) is 5.92 Å². The summed E-state index contributed by atoms with van der Waals surface area (Å²) >= 11 is 0. The zero-order valence-corrected chi connectivity index (χ0v) is 6.86. The molecule has 66 valence electrons. The molecule has 0 radical (unpaired) electrons. The monoisotopic (exact) mass is 171 g/mol. The topological polar surface area (TPSA) is 69.4 Å². The number of nitro groups is 1. The molecule has 0 saturated carbocycles. The van der Waals surface area contributed by atoms with Gasteiger partial charge in [0, 0.05) is 4.92 Å². The minimum absolute atomic E-state index is 0.101. The molecule has 12 heavy (non-hydrogen) atoms. The van der Waals surface area contributed by atoms with Crippen molar-refractivity contribution in [1.29, 1.82) is 0 Å². The van der Waals surface area contributed by atoms with Crippen molar-refractivity contribution in [2.45, 2.75) is 19.4 Å². The lowest BCUT2D eigenvalue weighted by Gasteiger charge is -2.02. The minimum Gasteiger partial charge on any atom is -0.464 e. The number of methoxy groups -OCH3 is 1. The second-order valence-corrected chi connectivity index (χ2v) is 1.96. The highest BCUT2D eigenvalue weighted by Crippen LogP contribution is 1.98. The number of nitrogens with zero attached hydrogens (tertiary/aromatic N) is 1. The van der Waals surface area contributed by atoms with Gasteiger partial charge < -0.3 is 4.74 Å². The van der Waals surface area contributed by atoms with Gasteiger partial charge in [-0.3, -0.25) is 10.1 Å². The van der Waals surface area contributed by atoms with Crippen LogP contribution < -0.4 is 0 Å². The normalized spacial score (nSPS) is 10.8. The fourth-order valence-corrected chi connectivity index (χ4v) is 0.579. The van der Waals surface area contributed by atoms with E-state index < -0.39 is 16.9 Å². The van der Waals surface area contributed by atoms with Crippen molar-refractivity contribution in [2.24, 2.45) is 0 Å². The van der Waals surface area contributed by atoms with Gasteiger partial charge in [0.1, 0.15) is 0 Å². The number of carbonyl (C=O) groups excluding carboxylic acids is 1. The maximum Gasteiger partial charge on any atom is 0.382 e. The maximum absolute atomic E-state index is 10.7. The Morgan fingerprint density at radius 3 is 2.67 bits per heavy atom. The third kappa shape index (κ3) is 3.01. The summed E-state index contributed by atoms with van der Waals surface area (Å²) in [7, 11) is 1.11. The molecular formula is C7H9NO4. The van der Waals surface area contributed by atoms with Crippen molar-refractivity contribution in [3.8, 4) is 11.8 Å². The van der Waals surface area contributed by atoms with Crippen LogP contribution in [0.2, 0.25) is 0 Å². The molecule has 0 aliphatic rings. The van der Waals surface area contributed by atoms with Gasteiger partial charge in [0.25, 0.3) is 0 Å². The third-order valence-corrected chi connectivity index (χ3v) is 1.20. The largest absolute Gasteiger partial charge is 0.464 e. The lowest BCUT2D eigenvalue weighted by Crippen LogP contribution is -2.30. The molecule has 0 amide bonds. The molecule has 0 fully saturated rings. The van der Waals surface area contributed by atoms with Gasteiger partial charge in [-0.05, 0) is 6.92 Å². The maximum atomic E-state index is 10.7. The van der Waals surface area contributed by atoms with E-state index in [1.54, 1.807) is 6.92 Å². The Kier molecular flexibility index (Phi) is 4.46. The van der Waals surface area contributed by atoms with E-state index in [1.165, 1.54) is 0 Å². The zero-order valence-electron chi connectivity index (χ0n) is 6.86. The summed E-state index contributed by atoms with van der Waals surface area (Å²) in [5.41, 5.74) is 0. The molecule has 1 unspecified atom stereocenters. The van der Waals surface area contributed by atoms with Crippen LogP contribution in [0.25, 0.3) is 0 Å². The van der Waals surface area contributed by atoms with Crippen LogP contribution in [0.3, 0.4) is 0 Å². The highest BCUT2D eigenvalue weighted by atomic mass is 16.6. The second kappa shape index (κ2) is 5.13. The second-order valence-electron chi connectivity index (χ2n) is 1.96. The first-order valence-corrected chi connectivity index (χ1v) is 3.24. The number of carbonyl (C=O) groups is 1. The van der Waals surface area contributed by atoms with Crippen molar-refractivity contribution < 1.29 is 14.5 Å². The van der Waals surface area contributed by atoms with Crippen molar-refractivity contribution in [2.75, 3.05) is 7.11 Å². The number of esters is 1. The number of rotatable bonds is 3. The van der Waals surface area contributed by atoms with Crippen LogP contribution in [0.5, 0.6) is 0 Å². The Labute approximate surface area is 69.9 Å². The predicted molar refractivity (Wildman–Crippen MR) is 40.9 cm³/mol. The molecule has 0 aliphatic heterocycles. The van der Waals surface area contributed by atoms with Crippen LogP contribution in [-0.4, -0.2) is 24.0 Å². The van der Waals surface area contributed by atoms with Gasteiger partial charge in [-0.2, -0.15) is 0 Å². The lowest BCUT2D eigenvalue weighted by atomic mass is 10.2. The molecule has 0 aromatic rings. The average molecular weight is 171 g/mol. The molecule has 5 nitrogen and oxygen atoms in total. The van der Waals surface area contributed by atoms with Gasteiger partial charge in [-0.25, -0.2) is 4.79 Å². The Morgan fingerprint density at radius 1 is 1.75 bits per heavy atom. The Hall–Kier alpha value is -1.57. The molecule has 0 N–H and O–H groups in total. The number of ether oxygens (including phenoxy) is 1. The quantitative estimate of drug-likeness (QED) is 0.263. The van der Waals surface area contributed by atoms with E-state index in [0.29, 0.717) is 0 Å². The van der Waals surface area contributed by atoms with Crippen molar-refractivity contribution in [3.05, 3.63) is 10.1 Å². The third-order valence-electron chi connectivity index (χ3n) is 1.20. The molecule has 5 heteroatoms. The van der Waals surface area contributed by atoms with Crippen LogP contribution >= 0.6 is 0 Å². The summed E-state index contributed by atoms with van der Waals surface area (Å²) in [4.78, 5) is 20.3. The number of hydrogen-bond acceptors (Lipinski definition) is 4. The predicted octanol–water partition coefficient (Wildman–Crippen LogP) is 0.218. The first kappa shape index (κ1) is 10.4. The molecule has 0 bridgehead atoms. The van der Waals surface area contributed by atoms with Crippen molar-refractivity contribution in [3.63, 3.8) is 0 Å². The smallest absolute Gasteiger partial charge is 0.382 e. The molecule has 1 atom stereocenters. The Bertz CT molecular complexity index is 238. The van der Waals surface area contributed by atoms with Crippen LogP contribution in [0.15, 0.2) is 0 Å². The fraction of sp³-hybridized carbons (Fsp3) is 0.571. The molecule has 0 aliphatic carbocycles. The molecule has 0 aromatic carbocycles. The SMILES string of the molecule is CC#CCC(C(=O)OC)[N+](=O)[O-]. The summed E-state index contributed by atoms with van der Waals surface area (Å²) in [6, 6.07) is -1.36. The highest BCUT2D eigenvalue weighted by molar-refractivity contribution is 5.74. The van der Waals surface area contributed by atoms with Crippen LogP contribution in [-0.2, 0) is 9.53 Å². The molecule has 0 aromatic heterocycles. The standard InChI is InChI=1S/C7H9NO4/c1-3-4-5-6(8(10)11)7(9)12-2/h6H,5H2,1-2H3. The van der Waals surface area contributed by atoms with Crippen LogP contribution in [0, 0.1) is 22.0 Å². The van der Waals surface area contributed by atoms with Crippen molar-refractivity contribution in [1.82, 2.24) is 0 Å². The number of hydrogen-bond donors (Lipinski definition) is 0. The average Bonchev–Trinajstić information content (AvgIpc) is 2.04. The van der Waals surface area contributed by atoms with Gasteiger partial charge in [0.15, 0.2) is 0 Å². The Balaban J connectivity index is 4.30. The molecule has 0 rings (SSSR count). The van der Waals surface area contributed by atoms with Gasteiger partial charge in [0.05, 0.1) is 13.5 Å². The summed E-state index contributed by atoms with van der Waals surface area (Å²) in [5.74, 6) is 4.06. The summed E-state index contributed by atoms with van der Waals surface area (Å²) in [6.45, 7) is 1.55. The molecule has 0 saturated heterocycles. The highest BCUT2D eigenvalue weighted by Gasteiger charge is 2.29.